The summed E-state index contributed by atoms with van der Waals surface area (Å²) in [4.78, 5) is 31.2. The Kier molecular flexibility index (Phi) is 6.21. The lowest BCUT2D eigenvalue weighted by atomic mass is 10.0. The second-order valence-electron chi connectivity index (χ2n) is 6.70. The highest BCUT2D eigenvalue weighted by Gasteiger charge is 2.25. The third kappa shape index (κ3) is 4.84. The molecule has 5 nitrogen and oxygen atoms in total. The van der Waals surface area contributed by atoms with E-state index in [4.69, 9.17) is 0 Å². The number of carbonyl (C=O) groups is 2. The highest BCUT2D eigenvalue weighted by molar-refractivity contribution is 7.14. The normalized spacial score (nSPS) is 11.7. The molecule has 3 aromatic rings. The van der Waals surface area contributed by atoms with E-state index in [2.05, 4.69) is 10.3 Å². The van der Waals surface area contributed by atoms with Crippen LogP contribution in [0, 0.1) is 13.8 Å². The van der Waals surface area contributed by atoms with Gasteiger partial charge in [-0.05, 0) is 31.5 Å². The number of nitrogens with one attached hydrogen (secondary N) is 1. The Balaban J connectivity index is 1.92. The Morgan fingerprint density at radius 1 is 1.07 bits per heavy atom. The molecule has 0 aliphatic rings. The first kappa shape index (κ1) is 19.8. The van der Waals surface area contributed by atoms with Crippen LogP contribution < -0.4 is 10.2 Å². The van der Waals surface area contributed by atoms with Gasteiger partial charge in [-0.3, -0.25) is 14.5 Å². The minimum absolute atomic E-state index is 0.125. The van der Waals surface area contributed by atoms with Crippen LogP contribution in [0.15, 0.2) is 60.0 Å². The molecule has 0 saturated heterocycles. The molecule has 1 N–H and O–H groups in total. The lowest BCUT2D eigenvalue weighted by molar-refractivity contribution is -0.121. The molecule has 0 spiro atoms. The molecule has 28 heavy (non-hydrogen) atoms. The van der Waals surface area contributed by atoms with Gasteiger partial charge in [-0.1, -0.05) is 48.0 Å². The maximum Gasteiger partial charge on any atom is 0.235 e. The van der Waals surface area contributed by atoms with Crippen molar-refractivity contribution < 1.29 is 9.59 Å². The Hall–Kier alpha value is -2.99. The Labute approximate surface area is 169 Å². The number of benzene rings is 2. The average Bonchev–Trinajstić information content (AvgIpc) is 3.08. The number of nitrogens with zero attached hydrogens (tertiary/aromatic N) is 2. The van der Waals surface area contributed by atoms with E-state index in [0.29, 0.717) is 5.13 Å². The fourth-order valence-electron chi connectivity index (χ4n) is 2.94. The van der Waals surface area contributed by atoms with Crippen molar-refractivity contribution in [1.29, 1.82) is 0 Å². The zero-order valence-electron chi connectivity index (χ0n) is 16.2. The molecule has 0 fully saturated rings. The van der Waals surface area contributed by atoms with E-state index >= 15 is 0 Å². The third-order valence-electron chi connectivity index (χ3n) is 4.30. The zero-order chi connectivity index (χ0) is 20.1. The molecule has 1 unspecified atom stereocenters. The van der Waals surface area contributed by atoms with Crippen molar-refractivity contribution in [2.45, 2.75) is 33.2 Å². The highest BCUT2D eigenvalue weighted by atomic mass is 32.1. The molecule has 1 heterocycles. The summed E-state index contributed by atoms with van der Waals surface area (Å²) in [7, 11) is 0. The fraction of sp³-hybridized carbons (Fsp3) is 0.227. The van der Waals surface area contributed by atoms with Crippen LogP contribution in [0.3, 0.4) is 0 Å². The lowest BCUT2D eigenvalue weighted by Crippen LogP contribution is -2.33. The van der Waals surface area contributed by atoms with Crippen LogP contribution in [0.1, 0.15) is 36.2 Å². The third-order valence-corrected chi connectivity index (χ3v) is 5.24. The summed E-state index contributed by atoms with van der Waals surface area (Å²) in [5.41, 5.74) is 3.65. The smallest absolute Gasteiger partial charge is 0.235 e. The molecule has 1 atom stereocenters. The van der Waals surface area contributed by atoms with Gasteiger partial charge < -0.3 is 5.32 Å². The maximum absolute atomic E-state index is 13.3. The molecular weight excluding hydrogens is 370 g/mol. The lowest BCUT2D eigenvalue weighted by Gasteiger charge is -2.24. The molecule has 2 amide bonds. The summed E-state index contributed by atoms with van der Waals surface area (Å²) >= 11 is 1.43. The van der Waals surface area contributed by atoms with Crippen LogP contribution in [-0.4, -0.2) is 16.8 Å². The van der Waals surface area contributed by atoms with E-state index in [0.717, 1.165) is 22.5 Å². The number of thiazole rings is 1. The van der Waals surface area contributed by atoms with Crippen molar-refractivity contribution in [2.75, 3.05) is 4.90 Å². The number of rotatable bonds is 6. The minimum Gasteiger partial charge on any atom is -0.349 e. The molecular formula is C22H23N3O2S. The second kappa shape index (κ2) is 8.80. The summed E-state index contributed by atoms with van der Waals surface area (Å²) in [6, 6.07) is 16.9. The number of aromatic nitrogens is 1. The van der Waals surface area contributed by atoms with Gasteiger partial charge in [-0.2, -0.15) is 0 Å². The second-order valence-corrected chi connectivity index (χ2v) is 7.54. The summed E-state index contributed by atoms with van der Waals surface area (Å²) in [6.45, 7) is 5.37. The highest BCUT2D eigenvalue weighted by Crippen LogP contribution is 2.31. The number of para-hydroxylation sites is 1. The number of hydrogen-bond acceptors (Lipinski definition) is 4. The predicted molar refractivity (Wildman–Crippen MR) is 113 cm³/mol. The SMILES string of the molecule is CC(=O)NC(CC(=O)N(c1ccccc1)c1nc(C)cs1)c1ccc(C)cc1. The van der Waals surface area contributed by atoms with Gasteiger partial charge in [0.1, 0.15) is 0 Å². The van der Waals surface area contributed by atoms with E-state index < -0.39 is 6.04 Å². The first-order valence-electron chi connectivity index (χ1n) is 9.08. The van der Waals surface area contributed by atoms with Gasteiger partial charge in [0.15, 0.2) is 5.13 Å². The first-order chi connectivity index (χ1) is 13.4. The molecule has 0 aliphatic heterocycles. The van der Waals surface area contributed by atoms with Crippen LogP contribution in [0.25, 0.3) is 0 Å². The quantitative estimate of drug-likeness (QED) is 0.661. The summed E-state index contributed by atoms with van der Waals surface area (Å²) in [5.74, 6) is -0.297. The van der Waals surface area contributed by atoms with E-state index in [1.54, 1.807) is 4.90 Å². The number of anilines is 2. The molecule has 2 aromatic carbocycles. The molecule has 3 rings (SSSR count). The van der Waals surface area contributed by atoms with Crippen LogP contribution in [0.5, 0.6) is 0 Å². The summed E-state index contributed by atoms with van der Waals surface area (Å²) in [5, 5.41) is 5.45. The van der Waals surface area contributed by atoms with Gasteiger partial charge in [-0.25, -0.2) is 4.98 Å². The van der Waals surface area contributed by atoms with E-state index in [9.17, 15) is 9.59 Å². The van der Waals surface area contributed by atoms with E-state index in [1.165, 1.54) is 18.3 Å². The Bertz CT molecular complexity index is 951. The predicted octanol–water partition coefficient (Wildman–Crippen LogP) is 4.69. The van der Waals surface area contributed by atoms with Gasteiger partial charge in [0.25, 0.3) is 0 Å². The topological polar surface area (TPSA) is 62.3 Å². The van der Waals surface area contributed by atoms with Gasteiger partial charge in [-0.15, -0.1) is 11.3 Å². The van der Waals surface area contributed by atoms with Crippen LogP contribution >= 0.6 is 11.3 Å². The molecule has 0 saturated carbocycles. The molecule has 6 heteroatoms. The van der Waals surface area contributed by atoms with Gasteiger partial charge in [0.2, 0.25) is 11.8 Å². The van der Waals surface area contributed by atoms with Crippen molar-refractivity contribution in [3.8, 4) is 0 Å². The van der Waals surface area contributed by atoms with Crippen LogP contribution in [-0.2, 0) is 9.59 Å². The first-order valence-corrected chi connectivity index (χ1v) is 9.96. The molecule has 0 radical (unpaired) electrons. The monoisotopic (exact) mass is 393 g/mol. The Morgan fingerprint density at radius 3 is 2.32 bits per heavy atom. The van der Waals surface area contributed by atoms with Gasteiger partial charge >= 0.3 is 0 Å². The van der Waals surface area contributed by atoms with Gasteiger partial charge in [0.05, 0.1) is 23.8 Å². The average molecular weight is 394 g/mol. The van der Waals surface area contributed by atoms with E-state index in [1.807, 2.05) is 73.8 Å². The number of carbonyl (C=O) groups excluding carboxylic acids is 2. The van der Waals surface area contributed by atoms with Crippen molar-refractivity contribution in [3.63, 3.8) is 0 Å². The molecule has 0 bridgehead atoms. The van der Waals surface area contributed by atoms with E-state index in [-0.39, 0.29) is 18.2 Å². The maximum atomic E-state index is 13.3. The van der Waals surface area contributed by atoms with Gasteiger partial charge in [0, 0.05) is 12.3 Å². The van der Waals surface area contributed by atoms with Crippen LogP contribution in [0.4, 0.5) is 10.8 Å². The van der Waals surface area contributed by atoms with Crippen LogP contribution in [0.2, 0.25) is 0 Å². The number of hydrogen-bond donors (Lipinski definition) is 1. The van der Waals surface area contributed by atoms with Crippen molar-refractivity contribution in [2.24, 2.45) is 0 Å². The fourth-order valence-corrected chi connectivity index (χ4v) is 3.78. The number of aryl methyl sites for hydroxylation is 2. The largest absolute Gasteiger partial charge is 0.349 e. The standard InChI is InChI=1S/C22H23N3O2S/c1-15-9-11-18(12-10-15)20(24-17(3)26)13-21(27)25(19-7-5-4-6-8-19)22-23-16(2)14-28-22/h4-12,14,20H,13H2,1-3H3,(H,24,26). The molecule has 144 valence electrons. The summed E-state index contributed by atoms with van der Waals surface area (Å²) in [6.07, 6.45) is 0.135. The minimum atomic E-state index is -0.405. The Morgan fingerprint density at radius 2 is 1.75 bits per heavy atom. The zero-order valence-corrected chi connectivity index (χ0v) is 17.0. The van der Waals surface area contributed by atoms with Crippen molar-refractivity contribution in [1.82, 2.24) is 10.3 Å². The molecule has 0 aliphatic carbocycles. The molecule has 1 aromatic heterocycles. The van der Waals surface area contributed by atoms with Crippen molar-refractivity contribution in [3.05, 3.63) is 76.8 Å². The van der Waals surface area contributed by atoms with Crippen molar-refractivity contribution >= 4 is 34.0 Å². The number of amides is 2. The summed E-state index contributed by atoms with van der Waals surface area (Å²) < 4.78 is 0.